The van der Waals surface area contributed by atoms with E-state index in [-0.39, 0.29) is 11.5 Å². The molecule has 0 unspecified atom stereocenters. The summed E-state index contributed by atoms with van der Waals surface area (Å²) in [6, 6.07) is 13.0. The van der Waals surface area contributed by atoms with Crippen LogP contribution in [-0.2, 0) is 0 Å². The van der Waals surface area contributed by atoms with E-state index < -0.39 is 5.69 Å². The van der Waals surface area contributed by atoms with Crippen LogP contribution in [0.25, 0.3) is 11.3 Å². The van der Waals surface area contributed by atoms with Gasteiger partial charge >= 0.3 is 5.69 Å². The second-order valence-electron chi connectivity index (χ2n) is 6.41. The number of nitrogens with one attached hydrogen (secondary N) is 1. The maximum atomic E-state index is 12.8. The summed E-state index contributed by atoms with van der Waals surface area (Å²) in [4.78, 5) is 31.3. The van der Waals surface area contributed by atoms with Gasteiger partial charge in [0.05, 0.1) is 11.4 Å². The topological polar surface area (TPSA) is 62.8 Å². The van der Waals surface area contributed by atoms with Crippen LogP contribution >= 0.6 is 0 Å². The number of hydrogen-bond acceptors (Lipinski definition) is 3. The third-order valence-electron chi connectivity index (χ3n) is 4.56. The van der Waals surface area contributed by atoms with E-state index in [1.807, 2.05) is 58.0 Å². The number of carbonyl (C=O) groups excluding carboxylic acids is 1. The first-order valence-electron chi connectivity index (χ1n) is 8.16. The van der Waals surface area contributed by atoms with Gasteiger partial charge in [0.25, 0.3) is 0 Å². The Morgan fingerprint density at radius 1 is 0.840 bits per heavy atom. The lowest BCUT2D eigenvalue weighted by atomic mass is 10.0. The van der Waals surface area contributed by atoms with Crippen molar-refractivity contribution < 1.29 is 4.79 Å². The number of ketones is 1. The summed E-state index contributed by atoms with van der Waals surface area (Å²) in [5.74, 6) is -0.215. The monoisotopic (exact) mass is 332 g/mol. The Morgan fingerprint density at radius 2 is 1.48 bits per heavy atom. The number of H-pyrrole nitrogens is 1. The van der Waals surface area contributed by atoms with Crippen LogP contribution in [0.5, 0.6) is 0 Å². The van der Waals surface area contributed by atoms with Crippen LogP contribution in [0.15, 0.2) is 47.3 Å². The summed E-state index contributed by atoms with van der Waals surface area (Å²) in [5, 5.41) is 0. The zero-order chi connectivity index (χ0) is 18.1. The number of nitrogens with zero attached hydrogens (tertiary/aromatic N) is 1. The van der Waals surface area contributed by atoms with Gasteiger partial charge in [-0.3, -0.25) is 4.79 Å². The Kier molecular flexibility index (Phi) is 4.36. The Hall–Kier alpha value is -3.01. The molecule has 1 N–H and O–H groups in total. The molecule has 0 spiro atoms. The quantitative estimate of drug-likeness (QED) is 0.740. The molecule has 0 radical (unpaired) electrons. The molecule has 3 rings (SSSR count). The Morgan fingerprint density at radius 3 is 2.12 bits per heavy atom. The fourth-order valence-electron chi connectivity index (χ4n) is 2.67. The summed E-state index contributed by atoms with van der Waals surface area (Å²) in [5.41, 5.74) is 6.03. The van der Waals surface area contributed by atoms with Crippen molar-refractivity contribution in [2.75, 3.05) is 0 Å². The third-order valence-corrected chi connectivity index (χ3v) is 4.56. The van der Waals surface area contributed by atoms with Crippen molar-refractivity contribution >= 4 is 5.78 Å². The number of carbonyl (C=O) groups is 1. The van der Waals surface area contributed by atoms with Gasteiger partial charge in [0.2, 0.25) is 5.78 Å². The first-order chi connectivity index (χ1) is 11.8. The second-order valence-corrected chi connectivity index (χ2v) is 6.41. The lowest BCUT2D eigenvalue weighted by molar-refractivity contribution is 0.103. The van der Waals surface area contributed by atoms with Crippen LogP contribution in [0.1, 0.15) is 38.3 Å². The number of benzene rings is 2. The molecule has 126 valence electrons. The highest BCUT2D eigenvalue weighted by Crippen LogP contribution is 2.21. The number of rotatable bonds is 3. The van der Waals surface area contributed by atoms with Gasteiger partial charge in [-0.1, -0.05) is 24.3 Å². The maximum Gasteiger partial charge on any atom is 0.346 e. The van der Waals surface area contributed by atoms with E-state index in [2.05, 4.69) is 9.97 Å². The number of aromatic amines is 1. The van der Waals surface area contributed by atoms with Crippen LogP contribution in [0.4, 0.5) is 0 Å². The molecule has 25 heavy (non-hydrogen) atoms. The van der Waals surface area contributed by atoms with E-state index in [1.165, 1.54) is 5.56 Å². The van der Waals surface area contributed by atoms with Crippen LogP contribution < -0.4 is 5.69 Å². The van der Waals surface area contributed by atoms with Gasteiger partial charge in [0.1, 0.15) is 0 Å². The van der Waals surface area contributed by atoms with Crippen LogP contribution in [0, 0.1) is 27.7 Å². The van der Waals surface area contributed by atoms with Crippen molar-refractivity contribution in [3.05, 3.63) is 86.5 Å². The van der Waals surface area contributed by atoms with E-state index in [1.54, 1.807) is 12.1 Å². The van der Waals surface area contributed by atoms with Gasteiger partial charge < -0.3 is 4.98 Å². The van der Waals surface area contributed by atoms with Crippen molar-refractivity contribution in [1.29, 1.82) is 0 Å². The zero-order valence-corrected chi connectivity index (χ0v) is 14.8. The molecule has 0 fully saturated rings. The second kappa shape index (κ2) is 6.48. The van der Waals surface area contributed by atoms with E-state index in [0.717, 1.165) is 22.3 Å². The lowest BCUT2D eigenvalue weighted by Gasteiger charge is -2.08. The van der Waals surface area contributed by atoms with Gasteiger partial charge in [-0.15, -0.1) is 0 Å². The highest BCUT2D eigenvalue weighted by atomic mass is 16.1. The fourth-order valence-corrected chi connectivity index (χ4v) is 2.67. The number of aryl methyl sites for hydroxylation is 4. The molecule has 1 heterocycles. The molecule has 0 aliphatic carbocycles. The van der Waals surface area contributed by atoms with Crippen LogP contribution in [-0.4, -0.2) is 15.8 Å². The van der Waals surface area contributed by atoms with E-state index >= 15 is 0 Å². The molecule has 0 saturated carbocycles. The largest absolute Gasteiger partial charge is 0.346 e. The van der Waals surface area contributed by atoms with Gasteiger partial charge in [0, 0.05) is 11.1 Å². The minimum Gasteiger partial charge on any atom is -0.302 e. The van der Waals surface area contributed by atoms with Crippen molar-refractivity contribution in [1.82, 2.24) is 9.97 Å². The Balaban J connectivity index is 2.07. The highest BCUT2D eigenvalue weighted by Gasteiger charge is 2.14. The van der Waals surface area contributed by atoms with E-state index in [4.69, 9.17) is 0 Å². The van der Waals surface area contributed by atoms with Crippen molar-refractivity contribution in [2.24, 2.45) is 0 Å². The lowest BCUT2D eigenvalue weighted by Crippen LogP contribution is -2.17. The molecule has 0 bridgehead atoms. The average molecular weight is 332 g/mol. The minimum absolute atomic E-state index is 0.215. The molecule has 4 nitrogen and oxygen atoms in total. The first kappa shape index (κ1) is 16.8. The summed E-state index contributed by atoms with van der Waals surface area (Å²) in [7, 11) is 0. The van der Waals surface area contributed by atoms with Crippen LogP contribution in [0.2, 0.25) is 0 Å². The summed E-state index contributed by atoms with van der Waals surface area (Å²) in [6.07, 6.45) is 0. The molecule has 0 atom stereocenters. The summed E-state index contributed by atoms with van der Waals surface area (Å²) >= 11 is 0. The third kappa shape index (κ3) is 3.43. The van der Waals surface area contributed by atoms with Gasteiger partial charge in [0.15, 0.2) is 0 Å². The molecule has 1 aromatic heterocycles. The predicted molar refractivity (Wildman–Crippen MR) is 99.1 cm³/mol. The molecule has 0 aliphatic heterocycles. The van der Waals surface area contributed by atoms with Gasteiger partial charge in [-0.05, 0) is 68.1 Å². The van der Waals surface area contributed by atoms with Crippen molar-refractivity contribution in [3.8, 4) is 11.3 Å². The van der Waals surface area contributed by atoms with Crippen molar-refractivity contribution in [2.45, 2.75) is 27.7 Å². The average Bonchev–Trinajstić information content (AvgIpc) is 2.58. The number of hydrogen-bond donors (Lipinski definition) is 1. The smallest absolute Gasteiger partial charge is 0.302 e. The fraction of sp³-hybridized carbons (Fsp3) is 0.190. The molecule has 0 aliphatic rings. The summed E-state index contributed by atoms with van der Waals surface area (Å²) in [6.45, 7) is 7.99. The maximum absolute atomic E-state index is 12.8. The Bertz CT molecular complexity index is 1030. The molecule has 4 heteroatoms. The molecule has 3 aromatic rings. The molecule has 0 saturated heterocycles. The van der Waals surface area contributed by atoms with Gasteiger partial charge in [-0.25, -0.2) is 4.79 Å². The molecule has 2 aromatic carbocycles. The number of aromatic nitrogens is 2. The SMILES string of the molecule is Cc1ccc(C(=O)c2cc(-c3ccc(C)c(C)c3)nc(=O)[nH]2)cc1C. The van der Waals surface area contributed by atoms with Crippen LogP contribution in [0.3, 0.4) is 0 Å². The van der Waals surface area contributed by atoms with E-state index in [9.17, 15) is 9.59 Å². The normalized spacial score (nSPS) is 10.7. The molecular weight excluding hydrogens is 312 g/mol. The molecular formula is C21H20N2O2. The van der Waals surface area contributed by atoms with Gasteiger partial charge in [-0.2, -0.15) is 4.98 Å². The highest BCUT2D eigenvalue weighted by molar-refractivity contribution is 6.08. The first-order valence-corrected chi connectivity index (χ1v) is 8.16. The Labute approximate surface area is 146 Å². The predicted octanol–water partition coefficient (Wildman–Crippen LogP) is 3.90. The van der Waals surface area contributed by atoms with E-state index in [0.29, 0.717) is 11.3 Å². The van der Waals surface area contributed by atoms with Crippen molar-refractivity contribution in [3.63, 3.8) is 0 Å². The zero-order valence-electron chi connectivity index (χ0n) is 14.8. The summed E-state index contributed by atoms with van der Waals surface area (Å²) < 4.78 is 0. The standard InChI is InChI=1S/C21H20N2O2/c1-12-5-7-16(9-14(12)3)18-11-19(23-21(25)22-18)20(24)17-8-6-13(2)15(4)10-17/h5-11H,1-4H3,(H,22,23,25). The minimum atomic E-state index is -0.525. The molecule has 0 amide bonds.